The summed E-state index contributed by atoms with van der Waals surface area (Å²) < 4.78 is 39.0. The summed E-state index contributed by atoms with van der Waals surface area (Å²) >= 11 is 0. The molecule has 3 aliphatic rings. The van der Waals surface area contributed by atoms with Crippen LogP contribution in [0, 0.1) is 5.92 Å². The molecular formula is C23H29F3N4O3. The fourth-order valence-electron chi connectivity index (χ4n) is 5.07. The average molecular weight is 467 g/mol. The van der Waals surface area contributed by atoms with E-state index in [1.807, 2.05) is 0 Å². The standard InChI is InChI=1S/C23H29F3N4O3/c1-2-16-6-8-22(9-7-16)20(32)30(21(33)27-22)15-19(31)29-12-10-28(11-13-29)18-5-3-4-17(14-18)23(24,25)26/h3-5,14,16H,2,6-13,15H2,1H3,(H,27,33). The number of anilines is 1. The van der Waals surface area contributed by atoms with Crippen molar-refractivity contribution in [3.8, 4) is 0 Å². The van der Waals surface area contributed by atoms with Crippen LogP contribution in [-0.2, 0) is 15.8 Å². The number of alkyl halides is 3. The summed E-state index contributed by atoms with van der Waals surface area (Å²) in [6.07, 6.45) is -0.423. The van der Waals surface area contributed by atoms with E-state index in [2.05, 4.69) is 12.2 Å². The zero-order valence-corrected chi connectivity index (χ0v) is 18.7. The molecule has 0 atom stereocenters. The summed E-state index contributed by atoms with van der Waals surface area (Å²) in [6.45, 7) is 3.16. The lowest BCUT2D eigenvalue weighted by molar-refractivity contribution is -0.139. The number of carbonyl (C=O) groups is 3. The zero-order chi connectivity index (χ0) is 23.8. The maximum Gasteiger partial charge on any atom is 0.416 e. The molecule has 2 saturated heterocycles. The summed E-state index contributed by atoms with van der Waals surface area (Å²) in [7, 11) is 0. The van der Waals surface area contributed by atoms with Crippen molar-refractivity contribution in [3.05, 3.63) is 29.8 Å². The van der Waals surface area contributed by atoms with Crippen LogP contribution in [0.3, 0.4) is 0 Å². The van der Waals surface area contributed by atoms with Gasteiger partial charge in [0.2, 0.25) is 5.91 Å². The number of nitrogens with zero attached hydrogens (tertiary/aromatic N) is 3. The van der Waals surface area contributed by atoms with Crippen LogP contribution in [0.4, 0.5) is 23.7 Å². The number of nitrogens with one attached hydrogen (secondary N) is 1. The Hall–Kier alpha value is -2.78. The van der Waals surface area contributed by atoms with Crippen LogP contribution in [0.2, 0.25) is 0 Å². The van der Waals surface area contributed by atoms with Crippen LogP contribution in [0.15, 0.2) is 24.3 Å². The molecule has 1 aliphatic carbocycles. The highest BCUT2D eigenvalue weighted by atomic mass is 19.4. The van der Waals surface area contributed by atoms with Gasteiger partial charge >= 0.3 is 12.2 Å². The molecule has 4 rings (SSSR count). The van der Waals surface area contributed by atoms with E-state index in [0.29, 0.717) is 50.6 Å². The lowest BCUT2D eigenvalue weighted by Gasteiger charge is -2.37. The molecule has 0 radical (unpaired) electrons. The summed E-state index contributed by atoms with van der Waals surface area (Å²) in [6, 6.07) is 4.61. The van der Waals surface area contributed by atoms with Gasteiger partial charge in [0.05, 0.1) is 5.56 Å². The highest BCUT2D eigenvalue weighted by molar-refractivity contribution is 6.09. The Kier molecular flexibility index (Phi) is 6.28. The summed E-state index contributed by atoms with van der Waals surface area (Å²) in [5, 5.41) is 2.83. The Morgan fingerprint density at radius 3 is 2.39 bits per heavy atom. The Bertz CT molecular complexity index is 920. The van der Waals surface area contributed by atoms with Gasteiger partial charge in [-0.15, -0.1) is 0 Å². The molecule has 7 nitrogen and oxygen atoms in total. The fraction of sp³-hybridized carbons (Fsp3) is 0.609. The molecule has 10 heteroatoms. The van der Waals surface area contributed by atoms with Crippen molar-refractivity contribution in [3.63, 3.8) is 0 Å². The van der Waals surface area contributed by atoms with Gasteiger partial charge < -0.3 is 15.1 Å². The summed E-state index contributed by atoms with van der Waals surface area (Å²) in [5.74, 6) is -0.0939. The minimum absolute atomic E-state index is 0.308. The van der Waals surface area contributed by atoms with Gasteiger partial charge in [-0.3, -0.25) is 14.5 Å². The molecule has 1 aromatic rings. The molecule has 0 bridgehead atoms. The second-order valence-electron chi connectivity index (χ2n) is 9.17. The third-order valence-corrected chi connectivity index (χ3v) is 7.25. The van der Waals surface area contributed by atoms with Crippen LogP contribution in [0.5, 0.6) is 0 Å². The molecule has 2 heterocycles. The lowest BCUT2D eigenvalue weighted by Crippen LogP contribution is -2.53. The second-order valence-corrected chi connectivity index (χ2v) is 9.17. The zero-order valence-electron chi connectivity index (χ0n) is 18.7. The smallest absolute Gasteiger partial charge is 0.368 e. The predicted octanol–water partition coefficient (Wildman–Crippen LogP) is 3.24. The first-order valence-electron chi connectivity index (χ1n) is 11.5. The number of benzene rings is 1. The van der Waals surface area contributed by atoms with E-state index in [9.17, 15) is 27.6 Å². The predicted molar refractivity (Wildman–Crippen MR) is 115 cm³/mol. The molecule has 0 aromatic heterocycles. The highest BCUT2D eigenvalue weighted by Gasteiger charge is 2.52. The van der Waals surface area contributed by atoms with E-state index in [4.69, 9.17) is 0 Å². The molecule has 2 aliphatic heterocycles. The van der Waals surface area contributed by atoms with Crippen molar-refractivity contribution in [2.24, 2.45) is 5.92 Å². The minimum atomic E-state index is -4.41. The first kappa shape index (κ1) is 23.4. The first-order valence-corrected chi connectivity index (χ1v) is 11.5. The van der Waals surface area contributed by atoms with Crippen molar-refractivity contribution < 1.29 is 27.6 Å². The van der Waals surface area contributed by atoms with Gasteiger partial charge in [-0.2, -0.15) is 13.2 Å². The summed E-state index contributed by atoms with van der Waals surface area (Å²) in [4.78, 5) is 42.7. The highest BCUT2D eigenvalue weighted by Crippen LogP contribution is 2.37. The first-order chi connectivity index (χ1) is 15.6. The van der Waals surface area contributed by atoms with Crippen molar-refractivity contribution >= 4 is 23.5 Å². The fourth-order valence-corrected chi connectivity index (χ4v) is 5.07. The monoisotopic (exact) mass is 466 g/mol. The third kappa shape index (κ3) is 4.65. The largest absolute Gasteiger partial charge is 0.416 e. The van der Waals surface area contributed by atoms with E-state index in [1.54, 1.807) is 15.9 Å². The van der Waals surface area contributed by atoms with E-state index in [1.165, 1.54) is 6.07 Å². The third-order valence-electron chi connectivity index (χ3n) is 7.25. The van der Waals surface area contributed by atoms with Gasteiger partial charge in [-0.05, 0) is 49.8 Å². The average Bonchev–Trinajstić information content (AvgIpc) is 3.03. The summed E-state index contributed by atoms with van der Waals surface area (Å²) in [5.41, 5.74) is -1.14. The number of hydrogen-bond acceptors (Lipinski definition) is 4. The number of hydrogen-bond donors (Lipinski definition) is 1. The maximum absolute atomic E-state index is 13.0. The van der Waals surface area contributed by atoms with Crippen LogP contribution in [-0.4, -0.2) is 65.9 Å². The number of urea groups is 1. The van der Waals surface area contributed by atoms with Gasteiger partial charge in [0, 0.05) is 31.9 Å². The van der Waals surface area contributed by atoms with E-state index < -0.39 is 23.3 Å². The van der Waals surface area contributed by atoms with E-state index >= 15 is 0 Å². The molecule has 1 saturated carbocycles. The van der Waals surface area contributed by atoms with Crippen molar-refractivity contribution in [1.82, 2.24) is 15.1 Å². The van der Waals surface area contributed by atoms with Gasteiger partial charge in [-0.1, -0.05) is 19.4 Å². The molecule has 0 unspecified atom stereocenters. The van der Waals surface area contributed by atoms with Crippen LogP contribution in [0.25, 0.3) is 0 Å². The van der Waals surface area contributed by atoms with Crippen molar-refractivity contribution in [2.45, 2.75) is 50.7 Å². The van der Waals surface area contributed by atoms with E-state index in [0.717, 1.165) is 36.3 Å². The Labute approximate surface area is 190 Å². The molecular weight excluding hydrogens is 437 g/mol. The lowest BCUT2D eigenvalue weighted by atomic mass is 9.75. The van der Waals surface area contributed by atoms with Gasteiger partial charge in [-0.25, -0.2) is 4.79 Å². The van der Waals surface area contributed by atoms with Crippen molar-refractivity contribution in [1.29, 1.82) is 0 Å². The molecule has 180 valence electrons. The van der Waals surface area contributed by atoms with Gasteiger partial charge in [0.1, 0.15) is 12.1 Å². The van der Waals surface area contributed by atoms with Crippen molar-refractivity contribution in [2.75, 3.05) is 37.6 Å². The molecule has 1 spiro atoms. The molecule has 3 fully saturated rings. The van der Waals surface area contributed by atoms with Crippen LogP contribution >= 0.6 is 0 Å². The van der Waals surface area contributed by atoms with E-state index in [-0.39, 0.29) is 18.4 Å². The number of halogens is 3. The Morgan fingerprint density at radius 2 is 1.79 bits per heavy atom. The molecule has 4 amide bonds. The molecule has 33 heavy (non-hydrogen) atoms. The number of rotatable bonds is 4. The maximum atomic E-state index is 13.0. The molecule has 1 aromatic carbocycles. The van der Waals surface area contributed by atoms with Gasteiger partial charge in [0.25, 0.3) is 5.91 Å². The number of piperazine rings is 1. The number of imide groups is 1. The molecule has 1 N–H and O–H groups in total. The topological polar surface area (TPSA) is 73.0 Å². The number of amides is 4. The SMILES string of the molecule is CCC1CCC2(CC1)NC(=O)N(CC(=O)N1CCN(c3cccc(C(F)(F)F)c3)CC1)C2=O. The van der Waals surface area contributed by atoms with Gasteiger partial charge in [0.15, 0.2) is 0 Å². The Morgan fingerprint density at radius 1 is 1.12 bits per heavy atom. The second kappa shape index (κ2) is 8.87. The Balaban J connectivity index is 1.33. The normalized spacial score (nSPS) is 26.2. The van der Waals surface area contributed by atoms with Crippen LogP contribution < -0.4 is 10.2 Å². The van der Waals surface area contributed by atoms with Crippen LogP contribution in [0.1, 0.15) is 44.6 Å². The number of carbonyl (C=O) groups excluding carboxylic acids is 3. The quantitative estimate of drug-likeness (QED) is 0.692. The minimum Gasteiger partial charge on any atom is -0.368 e.